The highest BCUT2D eigenvalue weighted by molar-refractivity contribution is 9.10. The third-order valence-corrected chi connectivity index (χ3v) is 5.55. The van der Waals surface area contributed by atoms with Crippen molar-refractivity contribution in [3.8, 4) is 17.1 Å². The van der Waals surface area contributed by atoms with Crippen molar-refractivity contribution < 1.29 is 9.13 Å². The molecule has 0 atom stereocenters. The number of benzene rings is 1. The van der Waals surface area contributed by atoms with Crippen molar-refractivity contribution in [2.75, 3.05) is 19.7 Å². The molecule has 3 heterocycles. The molecule has 0 radical (unpaired) electrons. The topological polar surface area (TPSA) is 69.0 Å². The van der Waals surface area contributed by atoms with Gasteiger partial charge < -0.3 is 14.6 Å². The monoisotopic (exact) mass is 472 g/mol. The number of nitrogens with zero attached hydrogens (tertiary/aromatic N) is 3. The normalized spacial score (nSPS) is 14.6. The predicted molar refractivity (Wildman–Crippen MR) is 116 cm³/mol. The van der Waals surface area contributed by atoms with E-state index in [1.165, 1.54) is 4.57 Å². The zero-order valence-electron chi connectivity index (χ0n) is 16.4. The zero-order chi connectivity index (χ0) is 20.9. The first-order valence-electron chi connectivity index (χ1n) is 9.89. The molecule has 2 aromatic heterocycles. The second-order valence-corrected chi connectivity index (χ2v) is 8.30. The van der Waals surface area contributed by atoms with Gasteiger partial charge in [0.05, 0.1) is 25.5 Å². The molecule has 0 saturated carbocycles. The second kappa shape index (κ2) is 9.49. The van der Waals surface area contributed by atoms with Gasteiger partial charge in [-0.1, -0.05) is 18.2 Å². The van der Waals surface area contributed by atoms with E-state index >= 15 is 0 Å². The van der Waals surface area contributed by atoms with Crippen molar-refractivity contribution in [3.63, 3.8) is 0 Å². The Hall–Kier alpha value is -2.58. The SMILES string of the molecule is O=c1c(F)cc(Br)cn1Cc1cccc(-c2ncc(OCC3CCNCC3)cn2)c1. The summed E-state index contributed by atoms with van der Waals surface area (Å²) in [5.74, 6) is 1.00. The van der Waals surface area contributed by atoms with E-state index < -0.39 is 11.4 Å². The lowest BCUT2D eigenvalue weighted by Crippen LogP contribution is -2.30. The van der Waals surface area contributed by atoms with E-state index in [1.54, 1.807) is 18.6 Å². The summed E-state index contributed by atoms with van der Waals surface area (Å²) in [6.07, 6.45) is 7.19. The fraction of sp³-hybridized carbons (Fsp3) is 0.318. The van der Waals surface area contributed by atoms with Crippen molar-refractivity contribution in [1.82, 2.24) is 19.9 Å². The minimum atomic E-state index is -0.788. The molecule has 0 aliphatic carbocycles. The number of hydrogen-bond acceptors (Lipinski definition) is 5. The maximum atomic E-state index is 13.7. The fourth-order valence-corrected chi connectivity index (χ4v) is 3.94. The van der Waals surface area contributed by atoms with Crippen LogP contribution in [0, 0.1) is 11.7 Å². The molecular weight excluding hydrogens is 451 g/mol. The average Bonchev–Trinajstić information content (AvgIpc) is 2.77. The van der Waals surface area contributed by atoms with Crippen LogP contribution in [-0.4, -0.2) is 34.2 Å². The van der Waals surface area contributed by atoms with E-state index in [0.717, 1.165) is 43.1 Å². The summed E-state index contributed by atoms with van der Waals surface area (Å²) in [6.45, 7) is 3.01. The van der Waals surface area contributed by atoms with Crippen LogP contribution in [0.5, 0.6) is 5.75 Å². The molecule has 0 amide bonds. The molecule has 1 fully saturated rings. The first kappa shape index (κ1) is 20.7. The van der Waals surface area contributed by atoms with E-state index in [4.69, 9.17) is 4.74 Å². The van der Waals surface area contributed by atoms with Crippen molar-refractivity contribution in [3.05, 3.63) is 75.1 Å². The van der Waals surface area contributed by atoms with Crippen LogP contribution in [0.3, 0.4) is 0 Å². The summed E-state index contributed by atoms with van der Waals surface area (Å²) in [5.41, 5.74) is 1.01. The zero-order valence-corrected chi connectivity index (χ0v) is 17.9. The predicted octanol–water partition coefficient (Wildman–Crippen LogP) is 3.63. The smallest absolute Gasteiger partial charge is 0.286 e. The van der Waals surface area contributed by atoms with E-state index in [1.807, 2.05) is 24.3 Å². The fourth-order valence-electron chi connectivity index (χ4n) is 3.49. The summed E-state index contributed by atoms with van der Waals surface area (Å²) in [7, 11) is 0. The van der Waals surface area contributed by atoms with Crippen LogP contribution in [0.15, 0.2) is 58.2 Å². The summed E-state index contributed by atoms with van der Waals surface area (Å²) in [4.78, 5) is 20.9. The first-order chi connectivity index (χ1) is 14.6. The van der Waals surface area contributed by atoms with Gasteiger partial charge in [-0.2, -0.15) is 0 Å². The third kappa shape index (κ3) is 5.12. The molecule has 1 saturated heterocycles. The molecule has 156 valence electrons. The molecule has 0 bridgehead atoms. The molecule has 8 heteroatoms. The summed E-state index contributed by atoms with van der Waals surface area (Å²) in [5, 5.41) is 3.35. The Morgan fingerprint density at radius 1 is 1.20 bits per heavy atom. The van der Waals surface area contributed by atoms with Crippen molar-refractivity contribution >= 4 is 15.9 Å². The minimum Gasteiger partial charge on any atom is -0.490 e. The number of nitrogens with one attached hydrogen (secondary N) is 1. The lowest BCUT2D eigenvalue weighted by Gasteiger charge is -2.22. The van der Waals surface area contributed by atoms with Crippen molar-refractivity contribution in [2.24, 2.45) is 5.92 Å². The van der Waals surface area contributed by atoms with Crippen molar-refractivity contribution in [2.45, 2.75) is 19.4 Å². The molecule has 1 N–H and O–H groups in total. The highest BCUT2D eigenvalue weighted by atomic mass is 79.9. The number of halogens is 2. The first-order valence-corrected chi connectivity index (χ1v) is 10.7. The Bertz CT molecular complexity index is 1070. The van der Waals surface area contributed by atoms with E-state index in [-0.39, 0.29) is 6.54 Å². The van der Waals surface area contributed by atoms with Crippen LogP contribution < -0.4 is 15.6 Å². The second-order valence-electron chi connectivity index (χ2n) is 7.39. The molecule has 0 spiro atoms. The minimum absolute atomic E-state index is 0.250. The van der Waals surface area contributed by atoms with Crippen LogP contribution >= 0.6 is 15.9 Å². The molecule has 1 aromatic carbocycles. The molecule has 3 aromatic rings. The van der Waals surface area contributed by atoms with Crippen molar-refractivity contribution in [1.29, 1.82) is 0 Å². The van der Waals surface area contributed by atoms with E-state index in [9.17, 15) is 9.18 Å². The van der Waals surface area contributed by atoms with Gasteiger partial charge in [-0.25, -0.2) is 14.4 Å². The highest BCUT2D eigenvalue weighted by Gasteiger charge is 2.14. The molecule has 30 heavy (non-hydrogen) atoms. The van der Waals surface area contributed by atoms with Gasteiger partial charge >= 0.3 is 0 Å². The molecule has 1 aliphatic heterocycles. The average molecular weight is 473 g/mol. The number of piperidine rings is 1. The quantitative estimate of drug-likeness (QED) is 0.592. The Labute approximate surface area is 182 Å². The van der Waals surface area contributed by atoms with Gasteiger partial charge in [0.15, 0.2) is 17.4 Å². The number of pyridine rings is 1. The largest absolute Gasteiger partial charge is 0.490 e. The summed E-state index contributed by atoms with van der Waals surface area (Å²) in [6, 6.07) is 8.72. The van der Waals surface area contributed by atoms with E-state index in [2.05, 4.69) is 31.2 Å². The van der Waals surface area contributed by atoms with Crippen LogP contribution in [0.4, 0.5) is 4.39 Å². The van der Waals surface area contributed by atoms with Crippen LogP contribution in [0.25, 0.3) is 11.4 Å². The Morgan fingerprint density at radius 3 is 2.73 bits per heavy atom. The molecule has 0 unspecified atom stereocenters. The molecule has 6 nitrogen and oxygen atoms in total. The lowest BCUT2D eigenvalue weighted by atomic mass is 9.99. The number of hydrogen-bond donors (Lipinski definition) is 1. The van der Waals surface area contributed by atoms with Gasteiger partial charge in [0.2, 0.25) is 0 Å². The number of aromatic nitrogens is 3. The number of rotatable bonds is 6. The highest BCUT2D eigenvalue weighted by Crippen LogP contribution is 2.20. The maximum Gasteiger partial charge on any atom is 0.286 e. The maximum absolute atomic E-state index is 13.7. The Kier molecular flexibility index (Phi) is 6.54. The standard InChI is InChI=1S/C22H22BrFN4O2/c23-18-9-20(24)22(29)28(13-18)12-16-2-1-3-17(8-16)21-26-10-19(11-27-21)30-14-15-4-6-25-7-5-15/h1-3,8-11,13,15,25H,4-7,12,14H2. The van der Waals surface area contributed by atoms with Crippen LogP contribution in [0.1, 0.15) is 18.4 Å². The van der Waals surface area contributed by atoms with E-state index in [0.29, 0.717) is 28.6 Å². The van der Waals surface area contributed by atoms with Gasteiger partial charge in [0, 0.05) is 16.2 Å². The molecular formula is C22H22BrFN4O2. The molecule has 4 rings (SSSR count). The third-order valence-electron chi connectivity index (χ3n) is 5.12. The van der Waals surface area contributed by atoms with Gasteiger partial charge in [0.25, 0.3) is 5.56 Å². The van der Waals surface area contributed by atoms with Crippen LogP contribution in [0.2, 0.25) is 0 Å². The van der Waals surface area contributed by atoms with Crippen LogP contribution in [-0.2, 0) is 6.54 Å². The lowest BCUT2D eigenvalue weighted by molar-refractivity contribution is 0.214. The Morgan fingerprint density at radius 2 is 1.97 bits per heavy atom. The van der Waals surface area contributed by atoms with Gasteiger partial charge in [-0.3, -0.25) is 4.79 Å². The summed E-state index contributed by atoms with van der Waals surface area (Å²) >= 11 is 3.22. The number of ether oxygens (including phenoxy) is 1. The van der Waals surface area contributed by atoms with Gasteiger partial charge in [-0.15, -0.1) is 0 Å². The summed E-state index contributed by atoms with van der Waals surface area (Å²) < 4.78 is 21.4. The molecule has 1 aliphatic rings. The Balaban J connectivity index is 1.45. The van der Waals surface area contributed by atoms with Gasteiger partial charge in [-0.05, 0) is 65.5 Å². The van der Waals surface area contributed by atoms with Gasteiger partial charge in [0.1, 0.15) is 0 Å².